The van der Waals surface area contributed by atoms with Gasteiger partial charge in [0.25, 0.3) is 0 Å². The lowest BCUT2D eigenvalue weighted by Gasteiger charge is -2.00. The summed E-state index contributed by atoms with van der Waals surface area (Å²) in [5.41, 5.74) is 0.0266. The molecule has 0 aromatic heterocycles. The molecule has 0 atom stereocenters. The van der Waals surface area contributed by atoms with Crippen LogP contribution >= 0.6 is 0 Å². The number of carbonyl (C=O) groups is 2. The second-order valence-electron chi connectivity index (χ2n) is 2.21. The van der Waals surface area contributed by atoms with E-state index < -0.39 is 11.9 Å². The first-order chi connectivity index (χ1) is 6.13. The van der Waals surface area contributed by atoms with Crippen molar-refractivity contribution >= 4 is 17.9 Å². The molecule has 13 heavy (non-hydrogen) atoms. The lowest BCUT2D eigenvalue weighted by molar-refractivity contribution is -0.140. The highest BCUT2D eigenvalue weighted by Gasteiger charge is 2.11. The highest BCUT2D eigenvalue weighted by atomic mass is 16.5. The first-order valence-electron chi connectivity index (χ1n) is 3.50. The molecular weight excluding hydrogens is 176 g/mol. The van der Waals surface area contributed by atoms with Gasteiger partial charge in [-0.15, -0.1) is 0 Å². The van der Waals surface area contributed by atoms with E-state index in [2.05, 4.69) is 9.47 Å². The van der Waals surface area contributed by atoms with Crippen LogP contribution in [0.4, 0.5) is 0 Å². The van der Waals surface area contributed by atoms with Gasteiger partial charge in [-0.25, -0.2) is 4.79 Å². The van der Waals surface area contributed by atoms with Crippen molar-refractivity contribution in [2.24, 2.45) is 0 Å². The number of carbonyl (C=O) groups excluding carboxylic acids is 3. The average Bonchev–Trinajstić information content (AvgIpc) is 2.16. The number of ether oxygens (including phenoxy) is 2. The van der Waals surface area contributed by atoms with Gasteiger partial charge in [0.15, 0.2) is 0 Å². The summed E-state index contributed by atoms with van der Waals surface area (Å²) < 4.78 is 8.61. The summed E-state index contributed by atoms with van der Waals surface area (Å²) in [6, 6.07) is 0. The van der Waals surface area contributed by atoms with Gasteiger partial charge in [-0.1, -0.05) is 0 Å². The average molecular weight is 186 g/mol. The van der Waals surface area contributed by atoms with E-state index in [1.807, 2.05) is 0 Å². The summed E-state index contributed by atoms with van der Waals surface area (Å²) in [7, 11) is 2.39. The molecule has 0 aromatic carbocycles. The SMILES string of the molecule is COC(=O)CC(=C=O)CC(=O)OC. The summed E-state index contributed by atoms with van der Waals surface area (Å²) in [5, 5.41) is 0. The van der Waals surface area contributed by atoms with Crippen LogP contribution in [0.25, 0.3) is 0 Å². The van der Waals surface area contributed by atoms with E-state index in [1.54, 1.807) is 0 Å². The Morgan fingerprint density at radius 3 is 1.69 bits per heavy atom. The zero-order valence-corrected chi connectivity index (χ0v) is 7.46. The normalized spacial score (nSPS) is 8.46. The first kappa shape index (κ1) is 11.4. The fourth-order valence-electron chi connectivity index (χ4n) is 0.627. The van der Waals surface area contributed by atoms with E-state index in [0.29, 0.717) is 0 Å². The standard InChI is InChI=1S/C8H10O5/c1-12-7(10)3-6(5-9)4-8(11)13-2/h3-4H2,1-2H3. The van der Waals surface area contributed by atoms with Gasteiger partial charge in [0.2, 0.25) is 0 Å². The summed E-state index contributed by atoms with van der Waals surface area (Å²) in [4.78, 5) is 31.6. The molecule has 0 radical (unpaired) electrons. The molecule has 0 saturated heterocycles. The molecule has 0 amide bonds. The Kier molecular flexibility index (Phi) is 5.23. The van der Waals surface area contributed by atoms with E-state index in [9.17, 15) is 14.4 Å². The van der Waals surface area contributed by atoms with Gasteiger partial charge >= 0.3 is 11.9 Å². The monoisotopic (exact) mass is 186 g/mol. The zero-order valence-electron chi connectivity index (χ0n) is 7.46. The Labute approximate surface area is 75.3 Å². The number of methoxy groups -OCH3 is 2. The number of esters is 2. The molecular formula is C8H10O5. The smallest absolute Gasteiger partial charge is 0.310 e. The molecule has 0 fully saturated rings. The minimum Gasteiger partial charge on any atom is -0.469 e. The molecule has 72 valence electrons. The summed E-state index contributed by atoms with van der Waals surface area (Å²) in [5.74, 6) is 0.335. The van der Waals surface area contributed by atoms with Gasteiger partial charge in [0, 0.05) is 5.57 Å². The van der Waals surface area contributed by atoms with Crippen LogP contribution in [0.15, 0.2) is 5.57 Å². The Hall–Kier alpha value is -1.61. The fraction of sp³-hybridized carbons (Fsp3) is 0.500. The third-order valence-corrected chi connectivity index (χ3v) is 1.32. The largest absolute Gasteiger partial charge is 0.469 e. The van der Waals surface area contributed by atoms with Crippen LogP contribution < -0.4 is 0 Å². The molecule has 0 heterocycles. The van der Waals surface area contributed by atoms with Gasteiger partial charge in [0.1, 0.15) is 5.94 Å². The summed E-state index contributed by atoms with van der Waals surface area (Å²) >= 11 is 0. The van der Waals surface area contributed by atoms with Crippen molar-refractivity contribution in [2.45, 2.75) is 12.8 Å². The van der Waals surface area contributed by atoms with E-state index in [-0.39, 0.29) is 18.4 Å². The summed E-state index contributed by atoms with van der Waals surface area (Å²) in [6.45, 7) is 0. The van der Waals surface area contributed by atoms with Gasteiger partial charge < -0.3 is 9.47 Å². The quantitative estimate of drug-likeness (QED) is 0.452. The lowest BCUT2D eigenvalue weighted by Crippen LogP contribution is -2.07. The second kappa shape index (κ2) is 5.97. The molecule has 5 heteroatoms. The number of hydrogen-bond acceptors (Lipinski definition) is 5. The molecule has 0 spiro atoms. The second-order valence-corrected chi connectivity index (χ2v) is 2.21. The van der Waals surface area contributed by atoms with E-state index in [4.69, 9.17) is 0 Å². The van der Waals surface area contributed by atoms with Crippen molar-refractivity contribution in [3.63, 3.8) is 0 Å². The highest BCUT2D eigenvalue weighted by molar-refractivity contribution is 5.81. The minimum atomic E-state index is -0.581. The molecule has 0 aliphatic carbocycles. The van der Waals surface area contributed by atoms with Crippen LogP contribution in [0.1, 0.15) is 12.8 Å². The maximum atomic E-state index is 10.7. The van der Waals surface area contributed by atoms with Gasteiger partial charge in [-0.05, 0) is 0 Å². The molecule has 0 aliphatic rings. The van der Waals surface area contributed by atoms with Crippen LogP contribution in [-0.4, -0.2) is 32.1 Å². The van der Waals surface area contributed by atoms with Crippen LogP contribution in [-0.2, 0) is 23.9 Å². The van der Waals surface area contributed by atoms with Gasteiger partial charge in [-0.3, -0.25) is 9.59 Å². The third kappa shape index (κ3) is 4.76. The molecule has 5 nitrogen and oxygen atoms in total. The van der Waals surface area contributed by atoms with Crippen LogP contribution in [0.5, 0.6) is 0 Å². The van der Waals surface area contributed by atoms with Crippen molar-refractivity contribution in [1.82, 2.24) is 0 Å². The van der Waals surface area contributed by atoms with Crippen molar-refractivity contribution in [3.8, 4) is 0 Å². The molecule has 0 aromatic rings. The zero-order chi connectivity index (χ0) is 10.3. The Balaban J connectivity index is 4.14. The predicted octanol–water partition coefficient (Wildman–Crippen LogP) is -0.129. The van der Waals surface area contributed by atoms with Gasteiger partial charge in [-0.2, -0.15) is 0 Å². The fourth-order valence-corrected chi connectivity index (χ4v) is 0.627. The number of rotatable bonds is 4. The minimum absolute atomic E-state index is 0.0266. The maximum absolute atomic E-state index is 10.7. The van der Waals surface area contributed by atoms with Gasteiger partial charge in [0.05, 0.1) is 27.1 Å². The van der Waals surface area contributed by atoms with Crippen molar-refractivity contribution < 1.29 is 23.9 Å². The highest BCUT2D eigenvalue weighted by Crippen LogP contribution is 2.04. The third-order valence-electron chi connectivity index (χ3n) is 1.32. The first-order valence-corrected chi connectivity index (χ1v) is 3.50. The van der Waals surface area contributed by atoms with Crippen molar-refractivity contribution in [2.75, 3.05) is 14.2 Å². The van der Waals surface area contributed by atoms with Crippen LogP contribution in [0.2, 0.25) is 0 Å². The predicted molar refractivity (Wildman–Crippen MR) is 42.5 cm³/mol. The molecule has 0 unspecified atom stereocenters. The Morgan fingerprint density at radius 1 is 1.08 bits per heavy atom. The van der Waals surface area contributed by atoms with E-state index in [1.165, 1.54) is 20.2 Å². The number of hydrogen-bond donors (Lipinski definition) is 0. The van der Waals surface area contributed by atoms with Crippen LogP contribution in [0, 0.1) is 0 Å². The summed E-state index contributed by atoms with van der Waals surface area (Å²) in [6.07, 6.45) is -0.454. The molecule has 0 bridgehead atoms. The molecule has 0 rings (SSSR count). The molecule has 0 aliphatic heterocycles. The topological polar surface area (TPSA) is 69.7 Å². The van der Waals surface area contributed by atoms with E-state index in [0.717, 1.165) is 0 Å². The Morgan fingerprint density at radius 2 is 1.46 bits per heavy atom. The maximum Gasteiger partial charge on any atom is 0.310 e. The van der Waals surface area contributed by atoms with Crippen LogP contribution in [0.3, 0.4) is 0 Å². The molecule has 0 N–H and O–H groups in total. The Bertz CT molecular complexity index is 229. The lowest BCUT2D eigenvalue weighted by atomic mass is 10.1. The van der Waals surface area contributed by atoms with E-state index >= 15 is 0 Å². The van der Waals surface area contributed by atoms with Crippen molar-refractivity contribution in [3.05, 3.63) is 5.57 Å². The van der Waals surface area contributed by atoms with Crippen molar-refractivity contribution in [1.29, 1.82) is 0 Å². The molecule has 0 saturated carbocycles.